The molecule has 3 rings (SSSR count). The Morgan fingerprint density at radius 1 is 1.40 bits per heavy atom. The molecular formula is C17H12FN3O4. The van der Waals surface area contributed by atoms with E-state index in [0.29, 0.717) is 22.8 Å². The SMILES string of the molecule is COc1cc(/C=N\NC(=O)c2ccc(C#N)cc2F)cc2c1OCO2. The number of methoxy groups -OCH3 is 1. The number of benzene rings is 2. The van der Waals surface area contributed by atoms with Gasteiger partial charge in [-0.15, -0.1) is 0 Å². The van der Waals surface area contributed by atoms with Crippen LogP contribution >= 0.6 is 0 Å². The molecule has 0 spiro atoms. The molecule has 1 aliphatic heterocycles. The van der Waals surface area contributed by atoms with Gasteiger partial charge in [0, 0.05) is 5.56 Å². The summed E-state index contributed by atoms with van der Waals surface area (Å²) >= 11 is 0. The first-order chi connectivity index (χ1) is 12.1. The zero-order chi connectivity index (χ0) is 17.8. The first-order valence-electron chi connectivity index (χ1n) is 7.13. The van der Waals surface area contributed by atoms with Gasteiger partial charge in [0.15, 0.2) is 11.5 Å². The average Bonchev–Trinajstić information content (AvgIpc) is 3.09. The van der Waals surface area contributed by atoms with Gasteiger partial charge < -0.3 is 14.2 Å². The number of nitriles is 1. The van der Waals surface area contributed by atoms with Crippen molar-refractivity contribution in [3.05, 3.63) is 52.8 Å². The van der Waals surface area contributed by atoms with Crippen LogP contribution in [-0.4, -0.2) is 26.0 Å². The van der Waals surface area contributed by atoms with E-state index in [0.717, 1.165) is 6.07 Å². The fourth-order valence-corrected chi connectivity index (χ4v) is 2.22. The van der Waals surface area contributed by atoms with Crippen molar-refractivity contribution in [2.75, 3.05) is 13.9 Å². The molecule has 7 nitrogen and oxygen atoms in total. The highest BCUT2D eigenvalue weighted by atomic mass is 19.1. The fraction of sp³-hybridized carbons (Fsp3) is 0.118. The molecule has 1 aliphatic rings. The molecule has 0 fully saturated rings. The van der Waals surface area contributed by atoms with Crippen LogP contribution < -0.4 is 19.6 Å². The second kappa shape index (κ2) is 6.88. The van der Waals surface area contributed by atoms with Gasteiger partial charge in [0.1, 0.15) is 5.82 Å². The van der Waals surface area contributed by atoms with Crippen LogP contribution in [0.15, 0.2) is 35.4 Å². The number of rotatable bonds is 4. The van der Waals surface area contributed by atoms with Gasteiger partial charge in [-0.2, -0.15) is 10.4 Å². The van der Waals surface area contributed by atoms with Crippen LogP contribution in [-0.2, 0) is 0 Å². The van der Waals surface area contributed by atoms with Gasteiger partial charge in [-0.05, 0) is 30.3 Å². The lowest BCUT2D eigenvalue weighted by molar-refractivity contribution is 0.0951. The molecule has 2 aromatic carbocycles. The predicted octanol–water partition coefficient (Wildman–Crippen LogP) is 2.20. The van der Waals surface area contributed by atoms with Crippen molar-refractivity contribution in [1.29, 1.82) is 5.26 Å². The second-order valence-electron chi connectivity index (χ2n) is 4.96. The van der Waals surface area contributed by atoms with Gasteiger partial charge in [-0.1, -0.05) is 0 Å². The fourth-order valence-electron chi connectivity index (χ4n) is 2.22. The van der Waals surface area contributed by atoms with Gasteiger partial charge in [-0.25, -0.2) is 9.82 Å². The highest BCUT2D eigenvalue weighted by Crippen LogP contribution is 2.41. The first kappa shape index (κ1) is 16.3. The molecule has 0 aromatic heterocycles. The Bertz CT molecular complexity index is 905. The van der Waals surface area contributed by atoms with E-state index in [1.165, 1.54) is 25.5 Å². The summed E-state index contributed by atoms with van der Waals surface area (Å²) in [5.41, 5.74) is 2.75. The molecule has 2 aromatic rings. The molecule has 1 amide bonds. The third kappa shape index (κ3) is 3.35. The van der Waals surface area contributed by atoms with Crippen LogP contribution in [0.1, 0.15) is 21.5 Å². The number of hydrazone groups is 1. The van der Waals surface area contributed by atoms with E-state index < -0.39 is 11.7 Å². The Balaban J connectivity index is 1.73. The molecule has 0 aliphatic carbocycles. The van der Waals surface area contributed by atoms with Gasteiger partial charge >= 0.3 is 0 Å². The van der Waals surface area contributed by atoms with Gasteiger partial charge in [0.25, 0.3) is 5.91 Å². The zero-order valence-corrected chi connectivity index (χ0v) is 13.1. The van der Waals surface area contributed by atoms with Gasteiger partial charge in [0.2, 0.25) is 12.5 Å². The third-order valence-electron chi connectivity index (χ3n) is 3.40. The van der Waals surface area contributed by atoms with Crippen molar-refractivity contribution < 1.29 is 23.4 Å². The maximum absolute atomic E-state index is 13.8. The quantitative estimate of drug-likeness (QED) is 0.680. The van der Waals surface area contributed by atoms with E-state index in [1.807, 2.05) is 0 Å². The van der Waals surface area contributed by atoms with E-state index in [1.54, 1.807) is 18.2 Å². The van der Waals surface area contributed by atoms with Crippen LogP contribution in [0.2, 0.25) is 0 Å². The molecule has 1 heterocycles. The number of hydrogen-bond acceptors (Lipinski definition) is 6. The van der Waals surface area contributed by atoms with E-state index in [4.69, 9.17) is 19.5 Å². The summed E-state index contributed by atoms with van der Waals surface area (Å²) in [6, 6.07) is 8.69. The minimum atomic E-state index is -0.795. The Hall–Kier alpha value is -3.60. The standard InChI is InChI=1S/C17H12FN3O4/c1-23-14-5-11(6-15-16(14)25-9-24-15)8-20-21-17(22)12-3-2-10(7-19)4-13(12)18/h2-6,8H,9H2,1H3,(H,21,22)/b20-8-. The lowest BCUT2D eigenvalue weighted by atomic mass is 10.1. The molecule has 0 radical (unpaired) electrons. The summed E-state index contributed by atoms with van der Waals surface area (Å²) < 4.78 is 29.5. The number of ether oxygens (including phenoxy) is 3. The predicted molar refractivity (Wildman–Crippen MR) is 85.3 cm³/mol. The van der Waals surface area contributed by atoms with E-state index in [9.17, 15) is 9.18 Å². The summed E-state index contributed by atoms with van der Waals surface area (Å²) in [5.74, 6) is -0.0445. The first-order valence-corrected chi connectivity index (χ1v) is 7.13. The van der Waals surface area contributed by atoms with Crippen molar-refractivity contribution in [2.24, 2.45) is 5.10 Å². The lowest BCUT2D eigenvalue weighted by Crippen LogP contribution is -2.19. The summed E-state index contributed by atoms with van der Waals surface area (Å²) in [5, 5.41) is 12.5. The van der Waals surface area contributed by atoms with Crippen molar-refractivity contribution in [2.45, 2.75) is 0 Å². The van der Waals surface area contributed by atoms with Crippen LogP contribution in [0.4, 0.5) is 4.39 Å². The van der Waals surface area contributed by atoms with Crippen molar-refractivity contribution in [3.8, 4) is 23.3 Å². The summed E-state index contributed by atoms with van der Waals surface area (Å²) in [6.45, 7) is 0.0982. The van der Waals surface area contributed by atoms with Crippen molar-refractivity contribution in [1.82, 2.24) is 5.43 Å². The summed E-state index contributed by atoms with van der Waals surface area (Å²) in [6.07, 6.45) is 1.37. The molecule has 0 saturated carbocycles. The number of carbonyl (C=O) groups is 1. The minimum absolute atomic E-state index is 0.0982. The highest BCUT2D eigenvalue weighted by Gasteiger charge is 2.19. The minimum Gasteiger partial charge on any atom is -0.493 e. The average molecular weight is 341 g/mol. The third-order valence-corrected chi connectivity index (χ3v) is 3.40. The van der Waals surface area contributed by atoms with Gasteiger partial charge in [0.05, 0.1) is 30.5 Å². The monoisotopic (exact) mass is 341 g/mol. The summed E-state index contributed by atoms with van der Waals surface area (Å²) in [4.78, 5) is 11.9. The van der Waals surface area contributed by atoms with Crippen LogP contribution in [0.3, 0.4) is 0 Å². The van der Waals surface area contributed by atoms with E-state index in [2.05, 4.69) is 10.5 Å². The largest absolute Gasteiger partial charge is 0.493 e. The molecular weight excluding hydrogens is 329 g/mol. The topological polar surface area (TPSA) is 92.9 Å². The Morgan fingerprint density at radius 3 is 2.96 bits per heavy atom. The Kier molecular flexibility index (Phi) is 4.48. The van der Waals surface area contributed by atoms with E-state index >= 15 is 0 Å². The van der Waals surface area contributed by atoms with Crippen LogP contribution in [0, 0.1) is 17.1 Å². The molecule has 0 saturated heterocycles. The Morgan fingerprint density at radius 2 is 2.24 bits per heavy atom. The van der Waals surface area contributed by atoms with Crippen LogP contribution in [0.25, 0.3) is 0 Å². The normalized spacial score (nSPS) is 12.0. The molecule has 0 atom stereocenters. The Labute approximate surface area is 142 Å². The number of nitrogens with one attached hydrogen (secondary N) is 1. The molecule has 1 N–H and O–H groups in total. The van der Waals surface area contributed by atoms with Crippen molar-refractivity contribution >= 4 is 12.1 Å². The molecule has 8 heteroatoms. The number of nitrogens with zero attached hydrogens (tertiary/aromatic N) is 2. The van der Waals surface area contributed by atoms with Gasteiger partial charge in [-0.3, -0.25) is 4.79 Å². The molecule has 25 heavy (non-hydrogen) atoms. The number of fused-ring (bicyclic) bond motifs is 1. The van der Waals surface area contributed by atoms with Crippen LogP contribution in [0.5, 0.6) is 17.2 Å². The lowest BCUT2D eigenvalue weighted by Gasteiger charge is -2.05. The molecule has 0 bridgehead atoms. The van der Waals surface area contributed by atoms with Crippen molar-refractivity contribution in [3.63, 3.8) is 0 Å². The number of halogens is 1. The molecule has 126 valence electrons. The second-order valence-corrected chi connectivity index (χ2v) is 4.96. The maximum atomic E-state index is 13.8. The summed E-state index contributed by atoms with van der Waals surface area (Å²) in [7, 11) is 1.49. The maximum Gasteiger partial charge on any atom is 0.274 e. The zero-order valence-electron chi connectivity index (χ0n) is 13.1. The van der Waals surface area contributed by atoms with E-state index in [-0.39, 0.29) is 17.9 Å². The smallest absolute Gasteiger partial charge is 0.274 e. The number of hydrogen-bond donors (Lipinski definition) is 1. The number of amides is 1. The molecule has 0 unspecified atom stereocenters. The number of carbonyl (C=O) groups excluding carboxylic acids is 1. The highest BCUT2D eigenvalue weighted by molar-refractivity contribution is 5.95.